The molecule has 2 atom stereocenters. The van der Waals surface area contributed by atoms with Crippen molar-refractivity contribution in [3.05, 3.63) is 30.1 Å². The van der Waals surface area contributed by atoms with Crippen molar-refractivity contribution in [3.63, 3.8) is 0 Å². The summed E-state index contributed by atoms with van der Waals surface area (Å²) < 4.78 is 11.2. The Kier molecular flexibility index (Phi) is 4.22. The second-order valence-electron chi connectivity index (χ2n) is 6.06. The number of hydrogen-bond donors (Lipinski definition) is 0. The van der Waals surface area contributed by atoms with Crippen LogP contribution in [0.15, 0.2) is 24.5 Å². The van der Waals surface area contributed by atoms with Crippen LogP contribution in [0.25, 0.3) is 0 Å². The lowest BCUT2D eigenvalue weighted by Crippen LogP contribution is -2.35. The fourth-order valence-electron chi connectivity index (χ4n) is 3.38. The minimum Gasteiger partial charge on any atom is -0.385 e. The van der Waals surface area contributed by atoms with Crippen LogP contribution in [-0.4, -0.2) is 54.8 Å². The predicted molar refractivity (Wildman–Crippen MR) is 78.0 cm³/mol. The number of aromatic nitrogens is 1. The van der Waals surface area contributed by atoms with E-state index in [1.165, 1.54) is 0 Å². The van der Waals surface area contributed by atoms with E-state index in [1.807, 2.05) is 11.0 Å². The minimum atomic E-state index is -0.129. The summed E-state index contributed by atoms with van der Waals surface area (Å²) in [7, 11) is 1.73. The molecule has 21 heavy (non-hydrogen) atoms. The van der Waals surface area contributed by atoms with E-state index in [9.17, 15) is 4.79 Å². The molecule has 0 bridgehead atoms. The molecule has 0 saturated carbocycles. The lowest BCUT2D eigenvalue weighted by Gasteiger charge is -2.23. The second kappa shape index (κ2) is 6.12. The first-order valence-corrected chi connectivity index (χ1v) is 7.55. The summed E-state index contributed by atoms with van der Waals surface area (Å²) in [6, 6.07) is 3.61. The van der Waals surface area contributed by atoms with Crippen molar-refractivity contribution >= 4 is 5.91 Å². The molecule has 1 aromatic rings. The highest BCUT2D eigenvalue weighted by atomic mass is 16.5. The molecule has 0 N–H and O–H groups in total. The molecule has 2 fully saturated rings. The summed E-state index contributed by atoms with van der Waals surface area (Å²) in [6.07, 6.45) is 6.32. The van der Waals surface area contributed by atoms with Gasteiger partial charge in [0, 0.05) is 32.7 Å². The van der Waals surface area contributed by atoms with E-state index >= 15 is 0 Å². The Labute approximate surface area is 125 Å². The standard InChI is InChI=1S/C16H22N2O3/c1-20-8-4-13-9-16(21-11-13)5-7-18(12-16)15(19)14-3-2-6-17-10-14/h2-3,6,10,13H,4-5,7-9,11-12H2,1H3/t13-,16-/m1/s1. The third kappa shape index (κ3) is 3.09. The van der Waals surface area contributed by atoms with Gasteiger partial charge in [0.25, 0.3) is 5.91 Å². The van der Waals surface area contributed by atoms with Crippen molar-refractivity contribution < 1.29 is 14.3 Å². The Hall–Kier alpha value is -1.46. The summed E-state index contributed by atoms with van der Waals surface area (Å²) in [5.41, 5.74) is 0.527. The van der Waals surface area contributed by atoms with Crippen molar-refractivity contribution in [1.29, 1.82) is 0 Å². The Morgan fingerprint density at radius 1 is 1.62 bits per heavy atom. The molecule has 2 aliphatic heterocycles. The Morgan fingerprint density at radius 2 is 2.52 bits per heavy atom. The fourth-order valence-corrected chi connectivity index (χ4v) is 3.38. The number of likely N-dealkylation sites (tertiary alicyclic amines) is 1. The number of hydrogen-bond acceptors (Lipinski definition) is 4. The molecular weight excluding hydrogens is 268 g/mol. The summed E-state index contributed by atoms with van der Waals surface area (Å²) in [4.78, 5) is 18.4. The molecule has 1 aromatic heterocycles. The van der Waals surface area contributed by atoms with E-state index in [0.717, 1.165) is 39.0 Å². The lowest BCUT2D eigenvalue weighted by molar-refractivity contribution is 0.0113. The molecule has 0 radical (unpaired) electrons. The van der Waals surface area contributed by atoms with Crippen LogP contribution in [0.4, 0.5) is 0 Å². The van der Waals surface area contributed by atoms with Crippen molar-refractivity contribution in [2.45, 2.75) is 24.9 Å². The van der Waals surface area contributed by atoms with E-state index in [0.29, 0.717) is 18.0 Å². The van der Waals surface area contributed by atoms with Crippen LogP contribution in [-0.2, 0) is 9.47 Å². The van der Waals surface area contributed by atoms with Gasteiger partial charge >= 0.3 is 0 Å². The molecule has 114 valence electrons. The molecule has 0 aromatic carbocycles. The zero-order valence-electron chi connectivity index (χ0n) is 12.5. The predicted octanol–water partition coefficient (Wildman–Crippen LogP) is 1.74. The number of rotatable bonds is 4. The average molecular weight is 290 g/mol. The average Bonchev–Trinajstić information content (AvgIpc) is 3.13. The highest BCUT2D eigenvalue weighted by Crippen LogP contribution is 2.39. The monoisotopic (exact) mass is 290 g/mol. The van der Waals surface area contributed by atoms with Crippen molar-refractivity contribution in [3.8, 4) is 0 Å². The summed E-state index contributed by atoms with van der Waals surface area (Å²) in [5.74, 6) is 0.613. The Morgan fingerprint density at radius 3 is 3.29 bits per heavy atom. The van der Waals surface area contributed by atoms with Gasteiger partial charge in [-0.15, -0.1) is 0 Å². The molecular formula is C16H22N2O3. The SMILES string of the molecule is COCC[C@H]1CO[C@]2(CCN(C(=O)c3cccnc3)C2)C1. The number of pyridine rings is 1. The van der Waals surface area contributed by atoms with Gasteiger partial charge < -0.3 is 14.4 Å². The number of methoxy groups -OCH3 is 1. The van der Waals surface area contributed by atoms with E-state index in [2.05, 4.69) is 4.98 Å². The third-order valence-corrected chi connectivity index (χ3v) is 4.53. The maximum absolute atomic E-state index is 12.5. The molecule has 2 saturated heterocycles. The molecule has 0 unspecified atom stereocenters. The smallest absolute Gasteiger partial charge is 0.255 e. The number of ether oxygens (including phenoxy) is 2. The van der Waals surface area contributed by atoms with Gasteiger partial charge in [0.2, 0.25) is 0 Å². The molecule has 1 spiro atoms. The first-order valence-electron chi connectivity index (χ1n) is 7.55. The third-order valence-electron chi connectivity index (χ3n) is 4.53. The van der Waals surface area contributed by atoms with E-state index in [4.69, 9.17) is 9.47 Å². The highest BCUT2D eigenvalue weighted by molar-refractivity contribution is 5.94. The topological polar surface area (TPSA) is 51.7 Å². The van der Waals surface area contributed by atoms with E-state index in [-0.39, 0.29) is 11.5 Å². The molecule has 2 aliphatic rings. The van der Waals surface area contributed by atoms with Gasteiger partial charge in [0.15, 0.2) is 0 Å². The molecule has 0 aliphatic carbocycles. The van der Waals surface area contributed by atoms with E-state index in [1.54, 1.807) is 25.6 Å². The van der Waals surface area contributed by atoms with Gasteiger partial charge in [0.1, 0.15) is 0 Å². The minimum absolute atomic E-state index is 0.0592. The Bertz CT molecular complexity index is 494. The van der Waals surface area contributed by atoms with Crippen LogP contribution >= 0.6 is 0 Å². The van der Waals surface area contributed by atoms with Gasteiger partial charge in [-0.3, -0.25) is 9.78 Å². The van der Waals surface area contributed by atoms with Crippen LogP contribution in [0, 0.1) is 5.92 Å². The first kappa shape index (κ1) is 14.5. The van der Waals surface area contributed by atoms with Crippen LogP contribution in [0.3, 0.4) is 0 Å². The zero-order chi connectivity index (χ0) is 14.7. The maximum atomic E-state index is 12.5. The largest absolute Gasteiger partial charge is 0.385 e. The van der Waals surface area contributed by atoms with E-state index < -0.39 is 0 Å². The lowest BCUT2D eigenvalue weighted by atomic mass is 9.92. The number of carbonyl (C=O) groups excluding carboxylic acids is 1. The first-order chi connectivity index (χ1) is 10.2. The van der Waals surface area contributed by atoms with Crippen LogP contribution in [0.5, 0.6) is 0 Å². The van der Waals surface area contributed by atoms with Crippen molar-refractivity contribution in [2.75, 3.05) is 33.4 Å². The van der Waals surface area contributed by atoms with Crippen molar-refractivity contribution in [1.82, 2.24) is 9.88 Å². The zero-order valence-corrected chi connectivity index (χ0v) is 12.5. The van der Waals surface area contributed by atoms with Crippen LogP contribution in [0.1, 0.15) is 29.6 Å². The second-order valence-corrected chi connectivity index (χ2v) is 6.06. The number of carbonyl (C=O) groups is 1. The molecule has 3 heterocycles. The quantitative estimate of drug-likeness (QED) is 0.847. The number of amides is 1. The van der Waals surface area contributed by atoms with Gasteiger partial charge in [0.05, 0.1) is 24.3 Å². The highest BCUT2D eigenvalue weighted by Gasteiger charge is 2.46. The van der Waals surface area contributed by atoms with Gasteiger partial charge in [-0.2, -0.15) is 0 Å². The van der Waals surface area contributed by atoms with Gasteiger partial charge in [-0.1, -0.05) is 0 Å². The maximum Gasteiger partial charge on any atom is 0.255 e. The fraction of sp³-hybridized carbons (Fsp3) is 0.625. The summed E-state index contributed by atoms with van der Waals surface area (Å²) in [5, 5.41) is 0. The normalized spacial score (nSPS) is 28.4. The van der Waals surface area contributed by atoms with Gasteiger partial charge in [-0.05, 0) is 37.3 Å². The van der Waals surface area contributed by atoms with Crippen LogP contribution in [0.2, 0.25) is 0 Å². The summed E-state index contributed by atoms with van der Waals surface area (Å²) >= 11 is 0. The number of nitrogens with zero attached hydrogens (tertiary/aromatic N) is 2. The molecule has 5 nitrogen and oxygen atoms in total. The Balaban J connectivity index is 1.60. The van der Waals surface area contributed by atoms with Gasteiger partial charge in [-0.25, -0.2) is 0 Å². The molecule has 3 rings (SSSR count). The molecule has 1 amide bonds. The van der Waals surface area contributed by atoms with Crippen molar-refractivity contribution in [2.24, 2.45) is 5.92 Å². The molecule has 5 heteroatoms. The summed E-state index contributed by atoms with van der Waals surface area (Å²) in [6.45, 7) is 3.04. The van der Waals surface area contributed by atoms with Crippen LogP contribution < -0.4 is 0 Å².